The van der Waals surface area contributed by atoms with Gasteiger partial charge in [-0.25, -0.2) is 5.01 Å². The van der Waals surface area contributed by atoms with Gasteiger partial charge in [-0.05, 0) is 54.0 Å². The van der Waals surface area contributed by atoms with Crippen LogP contribution < -0.4 is 5.32 Å². The standard InChI is InChI=1S/C23H22BrN3S/c24-20-13-11-18(12-14-20)17-26-16-15-22(19-7-3-1-4-8-19)27(26)23(28)25-21-9-5-2-6-10-21/h1-14,22H,15-17H2,(H,25,28)/t22-/m1/s1. The lowest BCUT2D eigenvalue weighted by molar-refractivity contribution is 0.0692. The Hall–Kier alpha value is -2.21. The molecule has 3 aromatic carbocycles. The predicted molar refractivity (Wildman–Crippen MR) is 123 cm³/mol. The van der Waals surface area contributed by atoms with Gasteiger partial charge in [-0.1, -0.05) is 76.6 Å². The first kappa shape index (κ1) is 19.1. The first-order valence-corrected chi connectivity index (χ1v) is 10.6. The number of para-hydroxylation sites is 1. The highest BCUT2D eigenvalue weighted by Crippen LogP contribution is 2.34. The number of halogens is 1. The molecule has 0 spiro atoms. The van der Waals surface area contributed by atoms with Gasteiger partial charge >= 0.3 is 0 Å². The maximum atomic E-state index is 5.85. The van der Waals surface area contributed by atoms with Crippen molar-refractivity contribution in [3.05, 3.63) is 101 Å². The molecule has 1 aliphatic rings. The van der Waals surface area contributed by atoms with Gasteiger partial charge < -0.3 is 5.32 Å². The summed E-state index contributed by atoms with van der Waals surface area (Å²) in [6, 6.07) is 29.5. The molecule has 0 amide bonds. The van der Waals surface area contributed by atoms with Crippen LogP contribution in [0.3, 0.4) is 0 Å². The summed E-state index contributed by atoms with van der Waals surface area (Å²) in [5.41, 5.74) is 3.57. The number of rotatable bonds is 4. The second-order valence-corrected chi connectivity index (χ2v) is 8.17. The van der Waals surface area contributed by atoms with Crippen molar-refractivity contribution in [3.8, 4) is 0 Å². The number of nitrogens with one attached hydrogen (secondary N) is 1. The zero-order chi connectivity index (χ0) is 19.3. The maximum Gasteiger partial charge on any atom is 0.188 e. The monoisotopic (exact) mass is 451 g/mol. The molecule has 3 nitrogen and oxygen atoms in total. The van der Waals surface area contributed by atoms with Gasteiger partial charge in [0, 0.05) is 23.2 Å². The summed E-state index contributed by atoms with van der Waals surface area (Å²) in [6.45, 7) is 1.79. The van der Waals surface area contributed by atoms with E-state index in [0.717, 1.165) is 34.8 Å². The number of hydrogen-bond donors (Lipinski definition) is 1. The van der Waals surface area contributed by atoms with Gasteiger partial charge in [0.05, 0.1) is 6.04 Å². The molecule has 1 aliphatic heterocycles. The van der Waals surface area contributed by atoms with Gasteiger partial charge in [0.15, 0.2) is 5.11 Å². The van der Waals surface area contributed by atoms with Crippen molar-refractivity contribution in [2.75, 3.05) is 11.9 Å². The average Bonchev–Trinajstić information content (AvgIpc) is 3.15. The van der Waals surface area contributed by atoms with E-state index in [1.165, 1.54) is 11.1 Å². The number of thiocarbonyl (C=S) groups is 1. The Kier molecular flexibility index (Phi) is 6.05. The summed E-state index contributed by atoms with van der Waals surface area (Å²) in [4.78, 5) is 0. The van der Waals surface area contributed by atoms with Crippen molar-refractivity contribution in [3.63, 3.8) is 0 Å². The Labute approximate surface area is 180 Å². The van der Waals surface area contributed by atoms with Crippen LogP contribution >= 0.6 is 28.1 Å². The predicted octanol–water partition coefficient (Wildman–Crippen LogP) is 6.01. The minimum atomic E-state index is 0.236. The van der Waals surface area contributed by atoms with Crippen molar-refractivity contribution in [2.24, 2.45) is 0 Å². The van der Waals surface area contributed by atoms with E-state index in [0.29, 0.717) is 0 Å². The van der Waals surface area contributed by atoms with Crippen LogP contribution in [0.4, 0.5) is 5.69 Å². The highest BCUT2D eigenvalue weighted by Gasteiger charge is 2.34. The quantitative estimate of drug-likeness (QED) is 0.489. The molecule has 0 unspecified atom stereocenters. The molecule has 1 atom stereocenters. The Morgan fingerprint density at radius 3 is 2.25 bits per heavy atom. The minimum Gasteiger partial charge on any atom is -0.332 e. The van der Waals surface area contributed by atoms with Crippen LogP contribution in [0.1, 0.15) is 23.6 Å². The Morgan fingerprint density at radius 2 is 1.57 bits per heavy atom. The van der Waals surface area contributed by atoms with E-state index in [4.69, 9.17) is 12.2 Å². The third-order valence-electron chi connectivity index (χ3n) is 4.96. The first-order valence-electron chi connectivity index (χ1n) is 9.40. The lowest BCUT2D eigenvalue weighted by atomic mass is 10.1. The summed E-state index contributed by atoms with van der Waals surface area (Å²) < 4.78 is 1.10. The Morgan fingerprint density at radius 1 is 0.929 bits per heavy atom. The zero-order valence-electron chi connectivity index (χ0n) is 15.5. The van der Waals surface area contributed by atoms with Crippen molar-refractivity contribution in [1.29, 1.82) is 0 Å². The molecule has 5 heteroatoms. The van der Waals surface area contributed by atoms with Crippen molar-refractivity contribution >= 4 is 38.9 Å². The lowest BCUT2D eigenvalue weighted by Crippen LogP contribution is -2.44. The summed E-state index contributed by atoms with van der Waals surface area (Å²) in [5.74, 6) is 0. The molecule has 0 aliphatic carbocycles. The molecule has 142 valence electrons. The van der Waals surface area contributed by atoms with E-state index in [9.17, 15) is 0 Å². The topological polar surface area (TPSA) is 18.5 Å². The van der Waals surface area contributed by atoms with Crippen LogP contribution in [0, 0.1) is 0 Å². The molecular formula is C23H22BrN3S. The SMILES string of the molecule is S=C(Nc1ccccc1)N1[C@@H](c2ccccc2)CCN1Cc1ccc(Br)cc1. The maximum absolute atomic E-state index is 5.85. The first-order chi connectivity index (χ1) is 13.7. The van der Waals surface area contributed by atoms with Crippen molar-refractivity contribution in [2.45, 2.75) is 19.0 Å². The largest absolute Gasteiger partial charge is 0.332 e. The van der Waals surface area contributed by atoms with Crippen molar-refractivity contribution < 1.29 is 0 Å². The van der Waals surface area contributed by atoms with Crippen LogP contribution in [0.25, 0.3) is 0 Å². The molecule has 0 bridgehead atoms. The van der Waals surface area contributed by atoms with E-state index < -0.39 is 0 Å². The number of nitrogens with zero attached hydrogens (tertiary/aromatic N) is 2. The fourth-order valence-corrected chi connectivity index (χ4v) is 4.23. The van der Waals surface area contributed by atoms with E-state index in [1.807, 2.05) is 30.3 Å². The molecule has 3 aromatic rings. The molecule has 1 heterocycles. The van der Waals surface area contributed by atoms with E-state index in [-0.39, 0.29) is 6.04 Å². The lowest BCUT2D eigenvalue weighted by Gasteiger charge is -2.35. The highest BCUT2D eigenvalue weighted by molar-refractivity contribution is 9.10. The van der Waals surface area contributed by atoms with Gasteiger partial charge in [-0.15, -0.1) is 0 Å². The highest BCUT2D eigenvalue weighted by atomic mass is 79.9. The van der Waals surface area contributed by atoms with Crippen LogP contribution in [-0.4, -0.2) is 21.7 Å². The third-order valence-corrected chi connectivity index (χ3v) is 5.77. The van der Waals surface area contributed by atoms with Gasteiger partial charge in [-0.2, -0.15) is 0 Å². The number of benzene rings is 3. The van der Waals surface area contributed by atoms with Crippen molar-refractivity contribution in [1.82, 2.24) is 10.0 Å². The summed E-state index contributed by atoms with van der Waals surface area (Å²) in [5, 5.41) is 8.74. The number of hydrogen-bond acceptors (Lipinski definition) is 2. The fourth-order valence-electron chi connectivity index (χ4n) is 3.61. The van der Waals surface area contributed by atoms with Gasteiger partial charge in [0.1, 0.15) is 0 Å². The van der Waals surface area contributed by atoms with E-state index >= 15 is 0 Å². The molecule has 1 N–H and O–H groups in total. The number of anilines is 1. The van der Waals surface area contributed by atoms with Gasteiger partial charge in [0.2, 0.25) is 0 Å². The Bertz CT molecular complexity index is 916. The average molecular weight is 452 g/mol. The zero-order valence-corrected chi connectivity index (χ0v) is 17.9. The van der Waals surface area contributed by atoms with Crippen LogP contribution in [0.5, 0.6) is 0 Å². The van der Waals surface area contributed by atoms with Crippen LogP contribution in [-0.2, 0) is 6.54 Å². The molecule has 1 fully saturated rings. The second kappa shape index (κ2) is 8.86. The van der Waals surface area contributed by atoms with E-state index in [1.54, 1.807) is 0 Å². The smallest absolute Gasteiger partial charge is 0.188 e. The van der Waals surface area contributed by atoms with Gasteiger partial charge in [0.25, 0.3) is 0 Å². The second-order valence-electron chi connectivity index (χ2n) is 6.87. The molecule has 0 aromatic heterocycles. The minimum absolute atomic E-state index is 0.236. The summed E-state index contributed by atoms with van der Waals surface area (Å²) in [6.07, 6.45) is 1.04. The van der Waals surface area contributed by atoms with Gasteiger partial charge in [-0.3, -0.25) is 5.01 Å². The summed E-state index contributed by atoms with van der Waals surface area (Å²) in [7, 11) is 0. The molecule has 28 heavy (non-hydrogen) atoms. The molecule has 0 saturated carbocycles. The molecule has 4 rings (SSSR count). The molecular weight excluding hydrogens is 430 g/mol. The molecule has 1 saturated heterocycles. The summed E-state index contributed by atoms with van der Waals surface area (Å²) >= 11 is 9.37. The van der Waals surface area contributed by atoms with Crippen LogP contribution in [0.2, 0.25) is 0 Å². The number of hydrazine groups is 1. The fraction of sp³-hybridized carbons (Fsp3) is 0.174. The molecule has 0 radical (unpaired) electrons. The Balaban J connectivity index is 1.59. The van der Waals surface area contributed by atoms with Crippen LogP contribution in [0.15, 0.2) is 89.4 Å². The van der Waals surface area contributed by atoms with E-state index in [2.05, 4.69) is 85.9 Å². The normalized spacial score (nSPS) is 16.9. The third kappa shape index (κ3) is 4.43.